The highest BCUT2D eigenvalue weighted by Gasteiger charge is 2.10. The molecule has 2 rings (SSSR count). The number of nitrogens with one attached hydrogen (secondary N) is 1. The van der Waals surface area contributed by atoms with E-state index in [1.165, 1.54) is 0 Å². The van der Waals surface area contributed by atoms with Gasteiger partial charge in [0.2, 0.25) is 0 Å². The molecule has 2 aromatic rings. The van der Waals surface area contributed by atoms with E-state index in [2.05, 4.69) is 4.98 Å². The SMILES string of the molecule is COC(C)Cn1c(=S)[nH]c2cccc(Cl)c21. The van der Waals surface area contributed by atoms with E-state index in [0.29, 0.717) is 16.3 Å². The van der Waals surface area contributed by atoms with Crippen LogP contribution in [0, 0.1) is 4.77 Å². The molecule has 0 fully saturated rings. The average Bonchev–Trinajstić information content (AvgIpc) is 2.56. The van der Waals surface area contributed by atoms with E-state index in [9.17, 15) is 0 Å². The Morgan fingerprint density at radius 2 is 2.31 bits per heavy atom. The fourth-order valence-corrected chi connectivity index (χ4v) is 2.23. The molecule has 0 spiro atoms. The Labute approximate surface area is 104 Å². The highest BCUT2D eigenvalue weighted by Crippen LogP contribution is 2.23. The van der Waals surface area contributed by atoms with Crippen LogP contribution < -0.4 is 0 Å². The molecule has 0 saturated carbocycles. The van der Waals surface area contributed by atoms with E-state index in [4.69, 9.17) is 28.6 Å². The number of hydrogen-bond donors (Lipinski definition) is 1. The van der Waals surface area contributed by atoms with Crippen molar-refractivity contribution in [3.05, 3.63) is 28.0 Å². The van der Waals surface area contributed by atoms with Crippen LogP contribution in [0.25, 0.3) is 11.0 Å². The molecule has 1 N–H and O–H groups in total. The van der Waals surface area contributed by atoms with Crippen LogP contribution in [0.4, 0.5) is 0 Å². The predicted molar refractivity (Wildman–Crippen MR) is 68.6 cm³/mol. The minimum atomic E-state index is 0.0990. The molecule has 0 aliphatic carbocycles. The number of H-pyrrole nitrogens is 1. The lowest BCUT2D eigenvalue weighted by molar-refractivity contribution is 0.104. The molecular formula is C11H13ClN2OS. The Hall–Kier alpha value is -0.840. The van der Waals surface area contributed by atoms with Crippen LogP contribution in [-0.2, 0) is 11.3 Å². The van der Waals surface area contributed by atoms with E-state index >= 15 is 0 Å². The summed E-state index contributed by atoms with van der Waals surface area (Å²) in [6.45, 7) is 2.69. The minimum absolute atomic E-state index is 0.0990. The number of benzene rings is 1. The van der Waals surface area contributed by atoms with Gasteiger partial charge in [0.25, 0.3) is 0 Å². The Kier molecular flexibility index (Phi) is 3.33. The van der Waals surface area contributed by atoms with Gasteiger partial charge in [0.1, 0.15) is 0 Å². The molecule has 0 aliphatic heterocycles. The highest BCUT2D eigenvalue weighted by molar-refractivity contribution is 7.71. The van der Waals surface area contributed by atoms with Crippen LogP contribution >= 0.6 is 23.8 Å². The summed E-state index contributed by atoms with van der Waals surface area (Å²) in [7, 11) is 1.69. The summed E-state index contributed by atoms with van der Waals surface area (Å²) < 4.78 is 7.89. The lowest BCUT2D eigenvalue weighted by atomic mass is 10.3. The standard InChI is InChI=1S/C11H13ClN2OS/c1-7(15-2)6-14-10-8(12)4-3-5-9(10)13-11(14)16/h3-5,7H,6H2,1-2H3,(H,13,16). The molecule has 0 aliphatic rings. The molecule has 0 bridgehead atoms. The van der Waals surface area contributed by atoms with Crippen molar-refractivity contribution in [2.24, 2.45) is 0 Å². The zero-order valence-corrected chi connectivity index (χ0v) is 10.7. The Bertz CT molecular complexity index is 561. The molecule has 0 saturated heterocycles. The van der Waals surface area contributed by atoms with Gasteiger partial charge < -0.3 is 14.3 Å². The minimum Gasteiger partial charge on any atom is -0.380 e. The number of aromatic nitrogens is 2. The van der Waals surface area contributed by atoms with Crippen LogP contribution in [0.2, 0.25) is 5.02 Å². The van der Waals surface area contributed by atoms with Crippen molar-refractivity contribution in [3.8, 4) is 0 Å². The van der Waals surface area contributed by atoms with Gasteiger partial charge in [-0.05, 0) is 31.3 Å². The Morgan fingerprint density at radius 1 is 1.56 bits per heavy atom. The summed E-state index contributed by atoms with van der Waals surface area (Å²) in [4.78, 5) is 3.14. The van der Waals surface area contributed by atoms with E-state index in [1.54, 1.807) is 7.11 Å². The van der Waals surface area contributed by atoms with Gasteiger partial charge in [0.05, 0.1) is 28.7 Å². The monoisotopic (exact) mass is 256 g/mol. The Morgan fingerprint density at radius 3 is 3.00 bits per heavy atom. The Balaban J connectivity index is 2.59. The summed E-state index contributed by atoms with van der Waals surface area (Å²) in [5.41, 5.74) is 1.90. The number of hydrogen-bond acceptors (Lipinski definition) is 2. The fraction of sp³-hybridized carbons (Fsp3) is 0.364. The van der Waals surface area contributed by atoms with Crippen LogP contribution in [0.5, 0.6) is 0 Å². The average molecular weight is 257 g/mol. The molecule has 0 amide bonds. The molecule has 1 aromatic heterocycles. The number of para-hydroxylation sites is 1. The van der Waals surface area contributed by atoms with Gasteiger partial charge in [-0.1, -0.05) is 17.7 Å². The van der Waals surface area contributed by atoms with Gasteiger partial charge in [-0.3, -0.25) is 0 Å². The lowest BCUT2D eigenvalue weighted by Gasteiger charge is -2.11. The van der Waals surface area contributed by atoms with Gasteiger partial charge >= 0.3 is 0 Å². The van der Waals surface area contributed by atoms with Gasteiger partial charge in [0, 0.05) is 7.11 Å². The van der Waals surface area contributed by atoms with Crippen LogP contribution in [0.1, 0.15) is 6.92 Å². The number of halogens is 1. The van der Waals surface area contributed by atoms with E-state index in [1.807, 2.05) is 29.7 Å². The van der Waals surface area contributed by atoms with Gasteiger partial charge in [-0.2, -0.15) is 0 Å². The number of nitrogens with zero attached hydrogens (tertiary/aromatic N) is 1. The fourth-order valence-electron chi connectivity index (χ4n) is 1.68. The second-order valence-electron chi connectivity index (χ2n) is 3.72. The summed E-state index contributed by atoms with van der Waals surface area (Å²) >= 11 is 11.4. The first kappa shape index (κ1) is 11.6. The van der Waals surface area contributed by atoms with Gasteiger partial charge in [-0.25, -0.2) is 0 Å². The third-order valence-electron chi connectivity index (χ3n) is 2.59. The number of rotatable bonds is 3. The van der Waals surface area contributed by atoms with E-state index in [0.717, 1.165) is 11.0 Å². The second-order valence-corrected chi connectivity index (χ2v) is 4.52. The molecule has 5 heteroatoms. The first-order chi connectivity index (χ1) is 7.63. The summed E-state index contributed by atoms with van der Waals surface area (Å²) in [6.07, 6.45) is 0.0990. The van der Waals surface area contributed by atoms with Crippen LogP contribution in [0.15, 0.2) is 18.2 Å². The largest absolute Gasteiger partial charge is 0.380 e. The summed E-state index contributed by atoms with van der Waals surface area (Å²) in [5, 5.41) is 0.702. The molecule has 86 valence electrons. The molecule has 1 atom stereocenters. The molecule has 3 nitrogen and oxygen atoms in total. The van der Waals surface area contributed by atoms with Crippen molar-refractivity contribution in [1.82, 2.24) is 9.55 Å². The van der Waals surface area contributed by atoms with Crippen molar-refractivity contribution in [2.45, 2.75) is 19.6 Å². The van der Waals surface area contributed by atoms with Crippen LogP contribution in [-0.4, -0.2) is 22.8 Å². The summed E-state index contributed by atoms with van der Waals surface area (Å²) in [6, 6.07) is 5.73. The molecular weight excluding hydrogens is 244 g/mol. The molecule has 16 heavy (non-hydrogen) atoms. The highest BCUT2D eigenvalue weighted by atomic mass is 35.5. The maximum Gasteiger partial charge on any atom is 0.178 e. The van der Waals surface area contributed by atoms with Crippen LogP contribution in [0.3, 0.4) is 0 Å². The quantitative estimate of drug-likeness (QED) is 0.854. The van der Waals surface area contributed by atoms with E-state index < -0.39 is 0 Å². The number of fused-ring (bicyclic) bond motifs is 1. The van der Waals surface area contributed by atoms with E-state index in [-0.39, 0.29) is 6.10 Å². The topological polar surface area (TPSA) is 29.9 Å². The van der Waals surface area contributed by atoms with Gasteiger partial charge in [0.15, 0.2) is 4.77 Å². The normalized spacial score (nSPS) is 13.2. The first-order valence-corrected chi connectivity index (χ1v) is 5.82. The smallest absolute Gasteiger partial charge is 0.178 e. The maximum absolute atomic E-state index is 6.17. The molecule has 0 radical (unpaired) electrons. The van der Waals surface area contributed by atoms with Gasteiger partial charge in [-0.15, -0.1) is 0 Å². The van der Waals surface area contributed by atoms with Crippen molar-refractivity contribution in [1.29, 1.82) is 0 Å². The number of imidazole rings is 1. The third kappa shape index (κ3) is 2.00. The number of methoxy groups -OCH3 is 1. The molecule has 1 heterocycles. The maximum atomic E-state index is 6.17. The summed E-state index contributed by atoms with van der Waals surface area (Å²) in [5.74, 6) is 0. The number of ether oxygens (including phenoxy) is 1. The number of aromatic amines is 1. The first-order valence-electron chi connectivity index (χ1n) is 5.03. The zero-order valence-electron chi connectivity index (χ0n) is 9.16. The zero-order chi connectivity index (χ0) is 11.7. The molecule has 1 unspecified atom stereocenters. The lowest BCUT2D eigenvalue weighted by Crippen LogP contribution is -2.14. The second kappa shape index (κ2) is 4.57. The predicted octanol–water partition coefficient (Wildman–Crippen LogP) is 3.39. The molecule has 1 aromatic carbocycles. The van der Waals surface area contributed by atoms with Crippen molar-refractivity contribution >= 4 is 34.9 Å². The van der Waals surface area contributed by atoms with Crippen molar-refractivity contribution in [2.75, 3.05) is 7.11 Å². The van der Waals surface area contributed by atoms with Crippen molar-refractivity contribution < 1.29 is 4.74 Å². The van der Waals surface area contributed by atoms with Crippen molar-refractivity contribution in [3.63, 3.8) is 0 Å². The third-order valence-corrected chi connectivity index (χ3v) is 3.21.